The zero-order chi connectivity index (χ0) is 4.12. The SMILES string of the molecule is C=CPC=C.[H+]. The molecule has 0 saturated carbocycles. The fraction of sp³-hybridized carbons (Fsp3) is 0. The van der Waals surface area contributed by atoms with Gasteiger partial charge in [0, 0.05) is 0 Å². The molecule has 0 unspecified atom stereocenters. The minimum absolute atomic E-state index is 0. The molecule has 0 aromatic rings. The minimum atomic E-state index is 0. The Bertz CT molecular complexity index is 36.8. The first-order chi connectivity index (χ1) is 2.41. The van der Waals surface area contributed by atoms with Crippen molar-refractivity contribution in [2.45, 2.75) is 0 Å². The van der Waals surface area contributed by atoms with E-state index in [1.807, 2.05) is 11.6 Å². The lowest BCUT2D eigenvalue weighted by Crippen LogP contribution is -1.19. The van der Waals surface area contributed by atoms with Crippen molar-refractivity contribution in [3.8, 4) is 0 Å². The molecule has 0 heterocycles. The van der Waals surface area contributed by atoms with Gasteiger partial charge in [-0.05, 0) is 0 Å². The predicted octanol–water partition coefficient (Wildman–Crippen LogP) is 2.06. The van der Waals surface area contributed by atoms with Crippen LogP contribution in [0.3, 0.4) is 0 Å². The Hall–Kier alpha value is -0.0900. The fourth-order valence-electron chi connectivity index (χ4n) is 0.0833. The van der Waals surface area contributed by atoms with Crippen LogP contribution in [0.15, 0.2) is 24.8 Å². The van der Waals surface area contributed by atoms with E-state index < -0.39 is 0 Å². The van der Waals surface area contributed by atoms with Crippen molar-refractivity contribution in [1.29, 1.82) is 0 Å². The summed E-state index contributed by atoms with van der Waals surface area (Å²) in [6.45, 7) is 6.98. The molecule has 0 atom stereocenters. The van der Waals surface area contributed by atoms with E-state index in [9.17, 15) is 0 Å². The maximum atomic E-state index is 3.49. The topological polar surface area (TPSA) is 0 Å². The third-order valence-corrected chi connectivity index (χ3v) is 0.707. The first kappa shape index (κ1) is 4.91. The summed E-state index contributed by atoms with van der Waals surface area (Å²) in [5.41, 5.74) is 0. The van der Waals surface area contributed by atoms with Gasteiger partial charge in [-0.25, -0.2) is 0 Å². The van der Waals surface area contributed by atoms with Gasteiger partial charge in [-0.15, -0.1) is 0 Å². The molecule has 5 heavy (non-hydrogen) atoms. The molecule has 0 spiro atoms. The van der Waals surface area contributed by atoms with Gasteiger partial charge in [-0.3, -0.25) is 0 Å². The smallest absolute Gasteiger partial charge is 0.0985 e. The molecule has 28 valence electrons. The second-order valence-corrected chi connectivity index (χ2v) is 1.72. The lowest BCUT2D eigenvalue weighted by atomic mass is 11.3. The van der Waals surface area contributed by atoms with Gasteiger partial charge in [0.1, 0.15) is 0 Å². The van der Waals surface area contributed by atoms with Crippen LogP contribution >= 0.6 is 8.58 Å². The molecule has 0 fully saturated rings. The third kappa shape index (κ3) is 3.91. The Labute approximate surface area is 35.9 Å². The van der Waals surface area contributed by atoms with E-state index in [2.05, 4.69) is 13.2 Å². The van der Waals surface area contributed by atoms with Gasteiger partial charge < -0.3 is 0 Å². The van der Waals surface area contributed by atoms with Crippen LogP contribution in [-0.4, -0.2) is 0 Å². The Balaban J connectivity index is 0. The predicted molar refractivity (Wildman–Crippen MR) is 29.8 cm³/mol. The lowest BCUT2D eigenvalue weighted by Gasteiger charge is -1.65. The Morgan fingerprint density at radius 1 is 1.40 bits per heavy atom. The molecular weight excluding hydrogens is 79.0 g/mol. The summed E-state index contributed by atoms with van der Waals surface area (Å²) in [6, 6.07) is 0. The van der Waals surface area contributed by atoms with Crippen LogP contribution in [0.1, 0.15) is 1.43 Å². The van der Waals surface area contributed by atoms with Gasteiger partial charge in [0.25, 0.3) is 0 Å². The van der Waals surface area contributed by atoms with Crippen LogP contribution < -0.4 is 0 Å². The van der Waals surface area contributed by atoms with Crippen LogP contribution in [0.25, 0.3) is 0 Å². The van der Waals surface area contributed by atoms with Crippen LogP contribution in [0, 0.1) is 0 Å². The van der Waals surface area contributed by atoms with E-state index in [1.54, 1.807) is 0 Å². The molecule has 0 aliphatic rings. The summed E-state index contributed by atoms with van der Waals surface area (Å²) in [5.74, 6) is 3.68. The quantitative estimate of drug-likeness (QED) is 0.452. The average Bonchev–Trinajstić information content (AvgIpc) is 1.41. The van der Waals surface area contributed by atoms with Gasteiger partial charge >= 0.3 is 1.43 Å². The zero-order valence-electron chi connectivity index (χ0n) is 4.07. The summed E-state index contributed by atoms with van der Waals surface area (Å²) in [7, 11) is 0.725. The largest absolute Gasteiger partial charge is 1.00 e. The highest BCUT2D eigenvalue weighted by atomic mass is 31.1. The number of hydrogen-bond acceptors (Lipinski definition) is 0. The fourth-order valence-corrected chi connectivity index (χ4v) is 0.250. The highest BCUT2D eigenvalue weighted by Crippen LogP contribution is 2.07. The maximum Gasteiger partial charge on any atom is 1.00 e. The van der Waals surface area contributed by atoms with Gasteiger partial charge in [-0.2, -0.15) is 0 Å². The van der Waals surface area contributed by atoms with E-state index in [1.165, 1.54) is 0 Å². The average molecular weight is 87.1 g/mol. The van der Waals surface area contributed by atoms with Crippen molar-refractivity contribution >= 4 is 8.58 Å². The van der Waals surface area contributed by atoms with Crippen molar-refractivity contribution in [1.82, 2.24) is 0 Å². The van der Waals surface area contributed by atoms with E-state index >= 15 is 0 Å². The molecule has 1 heteroatoms. The van der Waals surface area contributed by atoms with Crippen LogP contribution in [0.4, 0.5) is 0 Å². The van der Waals surface area contributed by atoms with E-state index in [0.717, 1.165) is 8.58 Å². The number of hydrogen-bond donors (Lipinski definition) is 0. The molecule has 0 saturated heterocycles. The monoisotopic (exact) mass is 87.0 g/mol. The van der Waals surface area contributed by atoms with E-state index in [-0.39, 0.29) is 1.43 Å². The molecule has 0 nitrogen and oxygen atoms in total. The second-order valence-electron chi connectivity index (χ2n) is 0.575. The zero-order valence-corrected chi connectivity index (χ0v) is 4.07. The lowest BCUT2D eigenvalue weighted by molar-refractivity contribution is 2.54. The molecule has 0 aromatic heterocycles. The van der Waals surface area contributed by atoms with Crippen LogP contribution in [0.5, 0.6) is 0 Å². The second kappa shape index (κ2) is 3.91. The molecule has 0 aliphatic carbocycles. The van der Waals surface area contributed by atoms with Crippen molar-refractivity contribution in [2.75, 3.05) is 0 Å². The van der Waals surface area contributed by atoms with Crippen LogP contribution in [0.2, 0.25) is 0 Å². The molecule has 0 radical (unpaired) electrons. The summed E-state index contributed by atoms with van der Waals surface area (Å²) in [5, 5.41) is 0. The number of rotatable bonds is 2. The molecular formula is C4H8P+. The van der Waals surface area contributed by atoms with Crippen molar-refractivity contribution in [3.63, 3.8) is 0 Å². The molecule has 0 aliphatic heterocycles. The van der Waals surface area contributed by atoms with Gasteiger partial charge in [0.05, 0.1) is 0 Å². The standard InChI is InChI=1S/C4H7P/c1-3-5-4-2/h3-5H,1-2H2/p+1. The van der Waals surface area contributed by atoms with Crippen molar-refractivity contribution < 1.29 is 1.43 Å². The first-order valence-corrected chi connectivity index (χ1v) is 2.55. The van der Waals surface area contributed by atoms with E-state index in [0.29, 0.717) is 0 Å². The molecule has 0 rings (SSSR count). The van der Waals surface area contributed by atoms with Gasteiger partial charge in [0.15, 0.2) is 0 Å². The third-order valence-electron chi connectivity index (χ3n) is 0.236. The molecule has 0 amide bonds. The Kier molecular flexibility index (Phi) is 3.84. The van der Waals surface area contributed by atoms with Gasteiger partial charge in [-0.1, -0.05) is 33.4 Å². The normalized spacial score (nSPS) is 6.40. The molecule has 0 aromatic carbocycles. The van der Waals surface area contributed by atoms with Crippen molar-refractivity contribution in [2.24, 2.45) is 0 Å². The first-order valence-electron chi connectivity index (χ1n) is 1.39. The van der Waals surface area contributed by atoms with Crippen LogP contribution in [-0.2, 0) is 0 Å². The molecule has 0 N–H and O–H groups in total. The maximum absolute atomic E-state index is 3.49. The summed E-state index contributed by atoms with van der Waals surface area (Å²) < 4.78 is 0. The summed E-state index contributed by atoms with van der Waals surface area (Å²) in [4.78, 5) is 0. The van der Waals surface area contributed by atoms with Crippen molar-refractivity contribution in [3.05, 3.63) is 24.8 Å². The van der Waals surface area contributed by atoms with Gasteiger partial charge in [0.2, 0.25) is 0 Å². The molecule has 0 bridgehead atoms. The Morgan fingerprint density at radius 2 is 1.80 bits per heavy atom. The minimum Gasteiger partial charge on any atom is -0.0985 e. The highest BCUT2D eigenvalue weighted by Gasteiger charge is 1.51. The summed E-state index contributed by atoms with van der Waals surface area (Å²) >= 11 is 0. The Morgan fingerprint density at radius 3 is 1.80 bits per heavy atom. The van der Waals surface area contributed by atoms with E-state index in [4.69, 9.17) is 0 Å². The highest BCUT2D eigenvalue weighted by molar-refractivity contribution is 7.45. The summed E-state index contributed by atoms with van der Waals surface area (Å²) in [6.07, 6.45) is 0.